The monoisotopic (exact) mass is 398 g/mol. The lowest BCUT2D eigenvalue weighted by Crippen LogP contribution is -2.30. The second kappa shape index (κ2) is 9.09. The molecule has 4 rings (SSSR count). The van der Waals surface area contributed by atoms with E-state index < -0.39 is 5.56 Å². The van der Waals surface area contributed by atoms with Gasteiger partial charge in [0.2, 0.25) is 0 Å². The van der Waals surface area contributed by atoms with Crippen molar-refractivity contribution in [2.24, 2.45) is 0 Å². The number of benzene rings is 2. The molecule has 30 heavy (non-hydrogen) atoms. The molecule has 5 nitrogen and oxygen atoms in total. The molecule has 5 heteroatoms. The molecule has 0 fully saturated rings. The number of carbonyl (C=O) groups excluding carboxylic acids is 1. The Bertz CT molecular complexity index is 1160. The Hall–Kier alpha value is -3.86. The van der Waals surface area contributed by atoms with Gasteiger partial charge in [0.1, 0.15) is 11.3 Å². The summed E-state index contributed by atoms with van der Waals surface area (Å²) >= 11 is 0. The second-order valence-corrected chi connectivity index (χ2v) is 7.00. The Morgan fingerprint density at radius 2 is 1.57 bits per heavy atom. The van der Waals surface area contributed by atoms with Gasteiger partial charge >= 0.3 is 0 Å². The zero-order chi connectivity index (χ0) is 20.8. The van der Waals surface area contributed by atoms with Gasteiger partial charge in [-0.3, -0.25) is 9.59 Å². The van der Waals surface area contributed by atoms with E-state index in [0.29, 0.717) is 12.2 Å². The molecule has 2 aromatic heterocycles. The lowest BCUT2D eigenvalue weighted by atomic mass is 10.0. The molecular formula is C25H22N2O3. The van der Waals surface area contributed by atoms with E-state index in [4.69, 9.17) is 4.42 Å². The van der Waals surface area contributed by atoms with Crippen molar-refractivity contribution in [1.29, 1.82) is 0 Å². The zero-order valence-electron chi connectivity index (χ0n) is 16.4. The summed E-state index contributed by atoms with van der Waals surface area (Å²) in [6.45, 7) is 0.474. The normalized spacial score (nSPS) is 10.7. The van der Waals surface area contributed by atoms with Gasteiger partial charge < -0.3 is 14.7 Å². The highest BCUT2D eigenvalue weighted by atomic mass is 16.3. The number of hydrogen-bond donors (Lipinski definition) is 2. The van der Waals surface area contributed by atoms with E-state index in [1.54, 1.807) is 18.4 Å². The minimum atomic E-state index is -0.400. The van der Waals surface area contributed by atoms with Gasteiger partial charge in [-0.1, -0.05) is 54.6 Å². The van der Waals surface area contributed by atoms with Crippen LogP contribution in [0.3, 0.4) is 0 Å². The topological polar surface area (TPSA) is 75.1 Å². The van der Waals surface area contributed by atoms with Gasteiger partial charge in [-0.15, -0.1) is 0 Å². The number of hydrogen-bond acceptors (Lipinski definition) is 3. The lowest BCUT2D eigenvalue weighted by Gasteiger charge is -2.07. The molecule has 0 bridgehead atoms. The number of H-pyrrole nitrogens is 1. The van der Waals surface area contributed by atoms with Crippen LogP contribution in [0.25, 0.3) is 22.4 Å². The van der Waals surface area contributed by atoms with Crippen molar-refractivity contribution in [3.8, 4) is 22.4 Å². The lowest BCUT2D eigenvalue weighted by molar-refractivity contribution is 0.0951. The van der Waals surface area contributed by atoms with Crippen molar-refractivity contribution in [3.05, 3.63) is 107 Å². The van der Waals surface area contributed by atoms with Crippen LogP contribution in [0, 0.1) is 0 Å². The molecule has 1 amide bonds. The van der Waals surface area contributed by atoms with E-state index in [1.165, 1.54) is 0 Å². The molecule has 2 aromatic carbocycles. The van der Waals surface area contributed by atoms with Crippen molar-refractivity contribution in [3.63, 3.8) is 0 Å². The van der Waals surface area contributed by atoms with E-state index in [-0.39, 0.29) is 11.5 Å². The first-order valence-electron chi connectivity index (χ1n) is 9.90. The average Bonchev–Trinajstić information content (AvgIpc) is 3.31. The summed E-state index contributed by atoms with van der Waals surface area (Å²) in [6.07, 6.45) is 3.11. The predicted octanol–water partition coefficient (Wildman–Crippen LogP) is 4.66. The van der Waals surface area contributed by atoms with Crippen molar-refractivity contribution >= 4 is 5.91 Å². The van der Waals surface area contributed by atoms with Gasteiger partial charge in [-0.05, 0) is 47.4 Å². The van der Waals surface area contributed by atoms with Gasteiger partial charge in [0.15, 0.2) is 0 Å². The van der Waals surface area contributed by atoms with Crippen LogP contribution >= 0.6 is 0 Å². The highest BCUT2D eigenvalue weighted by molar-refractivity contribution is 5.94. The predicted molar refractivity (Wildman–Crippen MR) is 117 cm³/mol. The number of amides is 1. The Morgan fingerprint density at radius 3 is 2.27 bits per heavy atom. The van der Waals surface area contributed by atoms with E-state index in [0.717, 1.165) is 35.3 Å². The van der Waals surface area contributed by atoms with Crippen LogP contribution in [-0.4, -0.2) is 17.4 Å². The SMILES string of the molecule is O=C(NCCCc1ccco1)c1ccc(-c2ccc(-c3ccccc3)cc2)[nH]c1=O. The highest BCUT2D eigenvalue weighted by Crippen LogP contribution is 2.23. The summed E-state index contributed by atoms with van der Waals surface area (Å²) in [5, 5.41) is 2.79. The van der Waals surface area contributed by atoms with Crippen LogP contribution in [0.5, 0.6) is 0 Å². The smallest absolute Gasteiger partial charge is 0.261 e. The molecule has 0 saturated heterocycles. The molecule has 0 saturated carbocycles. The van der Waals surface area contributed by atoms with Gasteiger partial charge in [0, 0.05) is 18.7 Å². The molecule has 0 unspecified atom stereocenters. The third-order valence-corrected chi connectivity index (χ3v) is 4.92. The molecule has 0 aliphatic rings. The number of furan rings is 1. The van der Waals surface area contributed by atoms with Crippen LogP contribution in [0.2, 0.25) is 0 Å². The molecule has 0 aliphatic carbocycles. The van der Waals surface area contributed by atoms with Gasteiger partial charge in [-0.25, -0.2) is 0 Å². The summed E-state index contributed by atoms with van der Waals surface area (Å²) in [7, 11) is 0. The first-order valence-corrected chi connectivity index (χ1v) is 9.90. The average molecular weight is 398 g/mol. The Morgan fingerprint density at radius 1 is 0.833 bits per heavy atom. The Balaban J connectivity index is 1.40. The summed E-state index contributed by atoms with van der Waals surface area (Å²) in [4.78, 5) is 27.6. The minimum absolute atomic E-state index is 0.109. The number of aromatic amines is 1. The number of rotatable bonds is 7. The molecule has 0 radical (unpaired) electrons. The summed E-state index contributed by atoms with van der Waals surface area (Å²) in [6, 6.07) is 25.1. The van der Waals surface area contributed by atoms with E-state index >= 15 is 0 Å². The first kappa shape index (κ1) is 19.5. The quantitative estimate of drug-likeness (QED) is 0.445. The first-order chi connectivity index (χ1) is 14.7. The van der Waals surface area contributed by atoms with Crippen molar-refractivity contribution < 1.29 is 9.21 Å². The van der Waals surface area contributed by atoms with Crippen molar-refractivity contribution in [1.82, 2.24) is 10.3 Å². The minimum Gasteiger partial charge on any atom is -0.469 e. The molecule has 2 N–H and O–H groups in total. The maximum Gasteiger partial charge on any atom is 0.261 e. The highest BCUT2D eigenvalue weighted by Gasteiger charge is 2.11. The summed E-state index contributed by atoms with van der Waals surface area (Å²) in [5.74, 6) is 0.506. The number of aromatic nitrogens is 1. The van der Waals surface area contributed by atoms with Crippen LogP contribution in [0.15, 0.2) is 94.3 Å². The van der Waals surface area contributed by atoms with Crippen LogP contribution < -0.4 is 10.9 Å². The molecule has 0 atom stereocenters. The maximum absolute atomic E-state index is 12.4. The Labute approximate surface area is 174 Å². The van der Waals surface area contributed by atoms with Gasteiger partial charge in [-0.2, -0.15) is 0 Å². The van der Waals surface area contributed by atoms with E-state index in [1.807, 2.05) is 54.6 Å². The largest absolute Gasteiger partial charge is 0.469 e. The number of pyridine rings is 1. The van der Waals surface area contributed by atoms with Gasteiger partial charge in [0.05, 0.1) is 6.26 Å². The molecule has 0 spiro atoms. The zero-order valence-corrected chi connectivity index (χ0v) is 16.4. The van der Waals surface area contributed by atoms with E-state index in [2.05, 4.69) is 22.4 Å². The molecule has 4 aromatic rings. The Kier molecular flexibility index (Phi) is 5.90. The fourth-order valence-electron chi connectivity index (χ4n) is 3.31. The fourth-order valence-corrected chi connectivity index (χ4v) is 3.31. The summed E-state index contributed by atoms with van der Waals surface area (Å²) in [5.41, 5.74) is 3.51. The van der Waals surface area contributed by atoms with Crippen molar-refractivity contribution in [2.75, 3.05) is 6.54 Å². The van der Waals surface area contributed by atoms with Crippen LogP contribution in [0.1, 0.15) is 22.5 Å². The van der Waals surface area contributed by atoms with Crippen LogP contribution in [-0.2, 0) is 6.42 Å². The summed E-state index contributed by atoms with van der Waals surface area (Å²) < 4.78 is 5.26. The van der Waals surface area contributed by atoms with Crippen LogP contribution in [0.4, 0.5) is 0 Å². The maximum atomic E-state index is 12.4. The number of aryl methyl sites for hydroxylation is 1. The molecule has 0 aliphatic heterocycles. The molecule has 150 valence electrons. The van der Waals surface area contributed by atoms with Crippen molar-refractivity contribution in [2.45, 2.75) is 12.8 Å². The fraction of sp³-hybridized carbons (Fsp3) is 0.120. The van der Waals surface area contributed by atoms with E-state index in [9.17, 15) is 9.59 Å². The number of carbonyl (C=O) groups is 1. The third-order valence-electron chi connectivity index (χ3n) is 4.92. The molecule has 2 heterocycles. The standard InChI is InChI=1S/C25H22N2O3/c28-24(26-16-4-8-21-9-5-17-30-21)22-14-15-23(27-25(22)29)20-12-10-19(11-13-20)18-6-2-1-3-7-18/h1-3,5-7,9-15,17H,4,8,16H2,(H,26,28)(H,27,29). The number of nitrogens with one attached hydrogen (secondary N) is 2. The second-order valence-electron chi connectivity index (χ2n) is 7.00. The van der Waals surface area contributed by atoms with Gasteiger partial charge in [0.25, 0.3) is 11.5 Å². The molecular weight excluding hydrogens is 376 g/mol. The third kappa shape index (κ3) is 4.58.